The van der Waals surface area contributed by atoms with Gasteiger partial charge in [0.05, 0.1) is 16.9 Å². The van der Waals surface area contributed by atoms with Gasteiger partial charge in [0.1, 0.15) is 5.75 Å². The summed E-state index contributed by atoms with van der Waals surface area (Å²) in [6.07, 6.45) is 7.21. The highest BCUT2D eigenvalue weighted by Crippen LogP contribution is 2.45. The fourth-order valence-electron chi connectivity index (χ4n) is 5.04. The van der Waals surface area contributed by atoms with Gasteiger partial charge in [0, 0.05) is 47.1 Å². The van der Waals surface area contributed by atoms with Gasteiger partial charge in [-0.15, -0.1) is 0 Å². The number of fused-ring (bicyclic) bond motifs is 1. The Morgan fingerprint density at radius 3 is 2.49 bits per heavy atom. The quantitative estimate of drug-likeness (QED) is 0.258. The number of anilines is 2. The Kier molecular flexibility index (Phi) is 6.04. The van der Waals surface area contributed by atoms with Gasteiger partial charge in [-0.25, -0.2) is 4.98 Å². The highest BCUT2D eigenvalue weighted by Gasteiger charge is 2.31. The first kappa shape index (κ1) is 23.8. The van der Waals surface area contributed by atoms with E-state index >= 15 is 0 Å². The molecule has 2 aromatic carbocycles. The molecule has 0 aliphatic heterocycles. The van der Waals surface area contributed by atoms with Crippen molar-refractivity contribution in [2.24, 2.45) is 5.92 Å². The van der Waals surface area contributed by atoms with Gasteiger partial charge >= 0.3 is 0 Å². The number of pyridine rings is 1. The van der Waals surface area contributed by atoms with Crippen LogP contribution in [0.4, 0.5) is 11.4 Å². The summed E-state index contributed by atoms with van der Waals surface area (Å²) in [5.74, 6) is 1.68. The summed E-state index contributed by atoms with van der Waals surface area (Å²) in [5.41, 5.74) is 10.9. The summed E-state index contributed by atoms with van der Waals surface area (Å²) in [7, 11) is -3.64. The lowest BCUT2D eigenvalue weighted by Crippen LogP contribution is -2.38. The predicted octanol–water partition coefficient (Wildman–Crippen LogP) is 5.85. The van der Waals surface area contributed by atoms with Crippen molar-refractivity contribution in [2.45, 2.75) is 51.1 Å². The number of ether oxygens (including phenoxy) is 1. The minimum atomic E-state index is -3.64. The molecule has 0 bridgehead atoms. The second-order valence-electron chi connectivity index (χ2n) is 10.1. The van der Waals surface area contributed by atoms with Crippen molar-refractivity contribution in [3.05, 3.63) is 66.9 Å². The maximum atomic E-state index is 12.6. The summed E-state index contributed by atoms with van der Waals surface area (Å²) in [4.78, 5) is 4.26. The van der Waals surface area contributed by atoms with E-state index in [-0.39, 0.29) is 6.04 Å². The predicted molar refractivity (Wildman–Crippen MR) is 147 cm³/mol. The zero-order chi connectivity index (χ0) is 25.6. The van der Waals surface area contributed by atoms with E-state index < -0.39 is 10.2 Å². The van der Waals surface area contributed by atoms with Crippen molar-refractivity contribution < 1.29 is 13.2 Å². The van der Waals surface area contributed by atoms with E-state index in [0.29, 0.717) is 35.0 Å². The molecule has 2 saturated carbocycles. The van der Waals surface area contributed by atoms with Gasteiger partial charge < -0.3 is 15.0 Å². The van der Waals surface area contributed by atoms with E-state index in [0.717, 1.165) is 47.8 Å². The fraction of sp³-hybridized carbons (Fsp3) is 0.321. The van der Waals surface area contributed by atoms with Crippen LogP contribution in [0.3, 0.4) is 0 Å². The molecule has 0 radical (unpaired) electrons. The molecule has 0 saturated heterocycles. The zero-order valence-electron chi connectivity index (χ0n) is 20.7. The number of nitrogen functional groups attached to an aromatic ring is 1. The molecule has 1 atom stereocenters. The van der Waals surface area contributed by atoms with Gasteiger partial charge in [-0.2, -0.15) is 13.1 Å². The third-order valence-electron chi connectivity index (χ3n) is 7.40. The molecule has 2 aliphatic rings. The molecule has 37 heavy (non-hydrogen) atoms. The van der Waals surface area contributed by atoms with Crippen molar-refractivity contribution in [2.75, 3.05) is 10.5 Å². The second kappa shape index (κ2) is 9.39. The van der Waals surface area contributed by atoms with Crippen LogP contribution in [0.1, 0.15) is 45.1 Å². The lowest BCUT2D eigenvalue weighted by molar-refractivity contribution is 0.324. The molecule has 2 heterocycles. The Labute approximate surface area is 217 Å². The standard InChI is InChI=1S/C28H31N5O3S/c1-18(19-8-9-19)31-37(34,35)32-21-12-10-20(11-13-21)28-27(29)24-15-14-23(36-26-7-2-3-16-30-26)17-25(24)33(28)22-5-4-6-22/h2-3,7,10-19,22,31-32H,4-6,8-9,29H2,1H3/t18-/m0/s1. The number of hydrogen-bond acceptors (Lipinski definition) is 5. The number of benzene rings is 2. The summed E-state index contributed by atoms with van der Waals surface area (Å²) >= 11 is 0. The molecule has 4 aromatic rings. The highest BCUT2D eigenvalue weighted by atomic mass is 32.2. The highest BCUT2D eigenvalue weighted by molar-refractivity contribution is 7.90. The summed E-state index contributed by atoms with van der Waals surface area (Å²) in [5, 5.41) is 0.971. The first-order valence-electron chi connectivity index (χ1n) is 12.8. The van der Waals surface area contributed by atoms with Crippen LogP contribution in [0, 0.1) is 5.92 Å². The summed E-state index contributed by atoms with van der Waals surface area (Å²) < 4.78 is 38.8. The average molecular weight is 518 g/mol. The van der Waals surface area contributed by atoms with E-state index in [1.807, 2.05) is 55.5 Å². The Balaban J connectivity index is 1.32. The van der Waals surface area contributed by atoms with Crippen LogP contribution in [-0.4, -0.2) is 24.0 Å². The molecular weight excluding hydrogens is 486 g/mol. The monoisotopic (exact) mass is 517 g/mol. The van der Waals surface area contributed by atoms with Crippen molar-refractivity contribution in [1.29, 1.82) is 0 Å². The van der Waals surface area contributed by atoms with Crippen LogP contribution in [0.15, 0.2) is 66.9 Å². The Morgan fingerprint density at radius 2 is 1.84 bits per heavy atom. The zero-order valence-corrected chi connectivity index (χ0v) is 21.5. The summed E-state index contributed by atoms with van der Waals surface area (Å²) in [6, 6.07) is 19.2. The van der Waals surface area contributed by atoms with Gasteiger partial charge in [-0.1, -0.05) is 18.2 Å². The number of nitrogens with two attached hydrogens (primary N) is 1. The number of aromatic nitrogens is 2. The Bertz CT molecular complexity index is 1530. The third-order valence-corrected chi connectivity index (χ3v) is 8.58. The molecule has 2 aliphatic carbocycles. The molecular formula is C28H31N5O3S. The number of nitrogens with one attached hydrogen (secondary N) is 2. The molecule has 8 nitrogen and oxygen atoms in total. The molecule has 2 aromatic heterocycles. The van der Waals surface area contributed by atoms with Crippen LogP contribution in [0.5, 0.6) is 11.6 Å². The lowest BCUT2D eigenvalue weighted by atomic mass is 9.92. The number of rotatable bonds is 9. The van der Waals surface area contributed by atoms with Gasteiger partial charge in [-0.05, 0) is 75.3 Å². The van der Waals surface area contributed by atoms with Crippen LogP contribution in [0.25, 0.3) is 22.2 Å². The normalized spacial score (nSPS) is 16.9. The van der Waals surface area contributed by atoms with Gasteiger partial charge in [0.15, 0.2) is 0 Å². The minimum Gasteiger partial charge on any atom is -0.439 e. The van der Waals surface area contributed by atoms with E-state index in [9.17, 15) is 8.42 Å². The van der Waals surface area contributed by atoms with Crippen molar-refractivity contribution in [1.82, 2.24) is 14.3 Å². The molecule has 0 spiro atoms. The smallest absolute Gasteiger partial charge is 0.299 e. The van der Waals surface area contributed by atoms with Crippen molar-refractivity contribution in [3.8, 4) is 22.9 Å². The third kappa shape index (κ3) is 4.89. The van der Waals surface area contributed by atoms with E-state index in [1.54, 1.807) is 18.3 Å². The first-order chi connectivity index (χ1) is 17.9. The first-order valence-corrected chi connectivity index (χ1v) is 14.3. The van der Waals surface area contributed by atoms with E-state index in [4.69, 9.17) is 10.5 Å². The van der Waals surface area contributed by atoms with E-state index in [1.165, 1.54) is 6.42 Å². The molecule has 0 unspecified atom stereocenters. The lowest BCUT2D eigenvalue weighted by Gasteiger charge is -2.30. The summed E-state index contributed by atoms with van der Waals surface area (Å²) in [6.45, 7) is 1.91. The topological polar surface area (TPSA) is 111 Å². The number of hydrogen-bond donors (Lipinski definition) is 3. The van der Waals surface area contributed by atoms with Gasteiger partial charge in [0.2, 0.25) is 5.88 Å². The molecule has 4 N–H and O–H groups in total. The van der Waals surface area contributed by atoms with Gasteiger partial charge in [-0.3, -0.25) is 4.72 Å². The molecule has 9 heteroatoms. The van der Waals surface area contributed by atoms with Crippen LogP contribution >= 0.6 is 0 Å². The Hall–Kier alpha value is -3.56. The van der Waals surface area contributed by atoms with Crippen LogP contribution in [0.2, 0.25) is 0 Å². The van der Waals surface area contributed by atoms with Crippen LogP contribution in [-0.2, 0) is 10.2 Å². The molecule has 192 valence electrons. The SMILES string of the molecule is C[C@H](NS(=O)(=O)Nc1ccc(-c2c(N)c3ccc(Oc4ccccn4)cc3n2C2CCC2)cc1)C1CC1. The maximum Gasteiger partial charge on any atom is 0.299 e. The number of nitrogens with zero attached hydrogens (tertiary/aromatic N) is 2. The Morgan fingerprint density at radius 1 is 1.05 bits per heavy atom. The molecule has 0 amide bonds. The molecule has 2 fully saturated rings. The average Bonchev–Trinajstić information content (AvgIpc) is 3.66. The maximum absolute atomic E-state index is 12.6. The van der Waals surface area contributed by atoms with Gasteiger partial charge in [0.25, 0.3) is 10.2 Å². The van der Waals surface area contributed by atoms with Crippen molar-refractivity contribution in [3.63, 3.8) is 0 Å². The largest absolute Gasteiger partial charge is 0.439 e. The van der Waals surface area contributed by atoms with E-state index in [2.05, 4.69) is 19.0 Å². The second-order valence-corrected chi connectivity index (χ2v) is 11.5. The fourth-order valence-corrected chi connectivity index (χ4v) is 6.23. The van der Waals surface area contributed by atoms with Crippen LogP contribution < -0.4 is 19.9 Å². The van der Waals surface area contributed by atoms with Crippen molar-refractivity contribution >= 4 is 32.5 Å². The minimum absolute atomic E-state index is 0.0682. The molecule has 6 rings (SSSR count).